The molecule has 0 aromatic carbocycles. The summed E-state index contributed by atoms with van der Waals surface area (Å²) >= 11 is 5.06. The van der Waals surface area contributed by atoms with Crippen molar-refractivity contribution >= 4 is 35.5 Å². The van der Waals surface area contributed by atoms with Crippen molar-refractivity contribution in [1.29, 1.82) is 0 Å². The molecule has 0 aliphatic carbocycles. The van der Waals surface area contributed by atoms with Crippen LogP contribution in [-0.2, 0) is 35.1 Å². The summed E-state index contributed by atoms with van der Waals surface area (Å²) in [4.78, 5) is 51.1. The molecule has 0 bridgehead atoms. The summed E-state index contributed by atoms with van der Waals surface area (Å²) in [7, 11) is 1.30. The predicted octanol–water partition coefficient (Wildman–Crippen LogP) is -2.50. The van der Waals surface area contributed by atoms with Gasteiger partial charge in [0, 0.05) is 25.8 Å². The topological polar surface area (TPSA) is 234 Å². The third-order valence-corrected chi connectivity index (χ3v) is 7.95. The highest BCUT2D eigenvalue weighted by molar-refractivity contribution is 8.06. The zero-order chi connectivity index (χ0) is 27.9. The van der Waals surface area contributed by atoms with Crippen molar-refractivity contribution in [1.82, 2.24) is 29.1 Å². The van der Waals surface area contributed by atoms with E-state index in [4.69, 9.17) is 40.8 Å². The molecule has 212 valence electrons. The average Bonchev–Trinajstić information content (AvgIpc) is 3.58. The lowest BCUT2D eigenvalue weighted by atomic mass is 10.1. The van der Waals surface area contributed by atoms with Gasteiger partial charge in [-0.2, -0.15) is 0 Å². The van der Waals surface area contributed by atoms with E-state index in [1.807, 2.05) is 0 Å². The van der Waals surface area contributed by atoms with Crippen LogP contribution >= 0.6 is 6.72 Å². The van der Waals surface area contributed by atoms with E-state index in [0.29, 0.717) is 11.2 Å². The Kier molecular flexibility index (Phi) is 7.93. The Morgan fingerprint density at radius 1 is 1.26 bits per heavy atom. The number of aliphatic hydroxyl groups excluding tert-OH is 2. The average molecular weight is 587 g/mol. The number of hydrogen-bond acceptors (Lipinski definition) is 15. The number of anilines is 1. The molecule has 2 aliphatic heterocycles. The molecule has 2 aliphatic rings. The fraction of sp³-hybridized carbons (Fsp3) is 0.550. The molecular formula is C20H25N7O10PS-. The number of imidazole rings is 1. The lowest BCUT2D eigenvalue weighted by molar-refractivity contribution is -0.218. The van der Waals surface area contributed by atoms with Gasteiger partial charge in [0.1, 0.15) is 49.2 Å². The van der Waals surface area contributed by atoms with Crippen LogP contribution in [0.25, 0.3) is 11.2 Å². The quantitative estimate of drug-likeness (QED) is 0.190. The second-order valence-corrected chi connectivity index (χ2v) is 11.5. The van der Waals surface area contributed by atoms with Crippen molar-refractivity contribution in [2.45, 2.75) is 49.4 Å². The number of fused-ring (bicyclic) bond motifs is 1. The molecule has 5 heterocycles. The summed E-state index contributed by atoms with van der Waals surface area (Å²) in [6.07, 6.45) is -3.03. The van der Waals surface area contributed by atoms with Crippen molar-refractivity contribution in [3.63, 3.8) is 0 Å². The maximum atomic E-state index is 13.1. The molecular weight excluding hydrogens is 561 g/mol. The van der Waals surface area contributed by atoms with E-state index in [0.717, 1.165) is 10.6 Å². The molecule has 0 spiro atoms. The van der Waals surface area contributed by atoms with E-state index < -0.39 is 67.6 Å². The summed E-state index contributed by atoms with van der Waals surface area (Å²) in [5, 5.41) is 20.4. The molecule has 0 amide bonds. The van der Waals surface area contributed by atoms with Crippen LogP contribution in [0, 0.1) is 0 Å². The van der Waals surface area contributed by atoms with Crippen LogP contribution in [0.15, 0.2) is 34.5 Å². The Bertz CT molecular complexity index is 1500. The molecule has 5 N–H and O–H groups in total. The number of rotatable bonds is 9. The number of nitrogens with zero attached hydrogens (tertiary/aromatic N) is 5. The lowest BCUT2D eigenvalue weighted by Crippen LogP contribution is -2.40. The second-order valence-electron chi connectivity index (χ2n) is 8.79. The minimum absolute atomic E-state index is 0.149. The first-order valence-corrected chi connectivity index (χ1v) is 14.2. The highest BCUT2D eigenvalue weighted by atomic mass is 32.5. The standard InChI is InChI=1S/C20H26N7O10PS/c1-33-16-15(10(5-28)36-19(16)26-3-2-12(30)25-20(26)31)37-38(32,39)34-6-11-9(29)4-13(35-11)27-8-24-14-17(21)22-7-23-18(14)27/h2-3,7-11,13,15-16,19,28-29H,4-6H2,1H3,(H,32,39)(H2,21,22,23)(H,25,30,31)/p-1/t9-,10+,11+,13+,15+,16+,19+,38?/m0/s1. The van der Waals surface area contributed by atoms with E-state index >= 15 is 0 Å². The number of aromatic amines is 1. The van der Waals surface area contributed by atoms with Gasteiger partial charge in [0.25, 0.3) is 5.56 Å². The SMILES string of the molecule is CO[C@@H]1[C@H](OP([O-])(=S)OC[C@H]2O[C@@H](n3cnc4c(N)ncnc43)C[C@@H]2O)[C@@H](CO)O[C@H]1n1ccc(=O)[nH]c1=O. The molecule has 3 aromatic rings. The number of ether oxygens (including phenoxy) is 3. The van der Waals surface area contributed by atoms with Gasteiger partial charge < -0.3 is 44.1 Å². The normalized spacial score (nSPS) is 30.6. The Morgan fingerprint density at radius 3 is 2.77 bits per heavy atom. The molecule has 2 fully saturated rings. The van der Waals surface area contributed by atoms with Gasteiger partial charge in [-0.05, 0) is 0 Å². The van der Waals surface area contributed by atoms with Crippen molar-refractivity contribution < 1.29 is 38.4 Å². The van der Waals surface area contributed by atoms with Gasteiger partial charge in [-0.25, -0.2) is 19.7 Å². The third-order valence-electron chi connectivity index (χ3n) is 6.41. The van der Waals surface area contributed by atoms with Gasteiger partial charge in [0.15, 0.2) is 17.7 Å². The summed E-state index contributed by atoms with van der Waals surface area (Å²) < 4.78 is 30.5. The van der Waals surface area contributed by atoms with E-state index in [1.54, 1.807) is 4.57 Å². The zero-order valence-electron chi connectivity index (χ0n) is 20.3. The van der Waals surface area contributed by atoms with E-state index in [9.17, 15) is 24.7 Å². The fourth-order valence-electron chi connectivity index (χ4n) is 4.55. The van der Waals surface area contributed by atoms with Crippen LogP contribution in [0.1, 0.15) is 18.9 Å². The number of nitrogen functional groups attached to an aromatic ring is 1. The Morgan fingerprint density at radius 2 is 2.05 bits per heavy atom. The largest absolute Gasteiger partial charge is 0.780 e. The molecule has 2 saturated heterocycles. The maximum Gasteiger partial charge on any atom is 0.330 e. The summed E-state index contributed by atoms with van der Waals surface area (Å²) in [6.45, 7) is -5.24. The molecule has 17 nitrogen and oxygen atoms in total. The van der Waals surface area contributed by atoms with Gasteiger partial charge in [-0.15, -0.1) is 0 Å². The van der Waals surface area contributed by atoms with Crippen LogP contribution in [0.5, 0.6) is 0 Å². The molecule has 1 unspecified atom stereocenters. The van der Waals surface area contributed by atoms with E-state index in [2.05, 4.69) is 19.9 Å². The number of aromatic nitrogens is 6. The Labute approximate surface area is 224 Å². The number of nitrogens with two attached hydrogens (primary N) is 1. The minimum Gasteiger partial charge on any atom is -0.780 e. The highest BCUT2D eigenvalue weighted by Crippen LogP contribution is 2.46. The van der Waals surface area contributed by atoms with Gasteiger partial charge in [-0.3, -0.25) is 18.9 Å². The molecule has 3 aromatic heterocycles. The number of hydrogen-bond donors (Lipinski definition) is 4. The third kappa shape index (κ3) is 5.53. The molecule has 19 heteroatoms. The number of H-pyrrole nitrogens is 1. The van der Waals surface area contributed by atoms with Crippen molar-refractivity contribution in [3.8, 4) is 0 Å². The van der Waals surface area contributed by atoms with Crippen LogP contribution in [-0.4, -0.2) is 90.1 Å². The molecule has 5 rings (SSSR count). The molecule has 0 radical (unpaired) electrons. The van der Waals surface area contributed by atoms with Gasteiger partial charge in [0.05, 0.1) is 25.6 Å². The maximum absolute atomic E-state index is 13.1. The summed E-state index contributed by atoms with van der Waals surface area (Å²) in [6, 6.07) is 1.11. The number of nitrogens with one attached hydrogen (secondary N) is 1. The monoisotopic (exact) mass is 586 g/mol. The van der Waals surface area contributed by atoms with Gasteiger partial charge in [-0.1, -0.05) is 11.8 Å². The Balaban J connectivity index is 1.26. The molecule has 0 saturated carbocycles. The predicted molar refractivity (Wildman–Crippen MR) is 132 cm³/mol. The highest BCUT2D eigenvalue weighted by Gasteiger charge is 2.48. The van der Waals surface area contributed by atoms with Crippen LogP contribution in [0.3, 0.4) is 0 Å². The Hall–Kier alpha value is -2.64. The van der Waals surface area contributed by atoms with Crippen LogP contribution < -0.4 is 21.9 Å². The minimum atomic E-state index is -4.27. The lowest BCUT2D eigenvalue weighted by Gasteiger charge is -2.34. The first-order valence-electron chi connectivity index (χ1n) is 11.6. The van der Waals surface area contributed by atoms with Gasteiger partial charge >= 0.3 is 5.69 Å². The zero-order valence-corrected chi connectivity index (χ0v) is 22.0. The summed E-state index contributed by atoms with van der Waals surface area (Å²) in [5.74, 6) is 0.195. The molecule has 8 atom stereocenters. The van der Waals surface area contributed by atoms with E-state index in [1.165, 1.54) is 26.0 Å². The fourth-order valence-corrected chi connectivity index (χ4v) is 5.97. The smallest absolute Gasteiger partial charge is 0.330 e. The molecule has 39 heavy (non-hydrogen) atoms. The summed E-state index contributed by atoms with van der Waals surface area (Å²) in [5.41, 5.74) is 5.21. The first-order chi connectivity index (χ1) is 18.6. The second kappa shape index (κ2) is 11.1. The van der Waals surface area contributed by atoms with Gasteiger partial charge in [0.2, 0.25) is 0 Å². The van der Waals surface area contributed by atoms with Crippen molar-refractivity contribution in [2.24, 2.45) is 0 Å². The van der Waals surface area contributed by atoms with Crippen LogP contribution in [0.4, 0.5) is 5.82 Å². The van der Waals surface area contributed by atoms with Crippen LogP contribution in [0.2, 0.25) is 0 Å². The van der Waals surface area contributed by atoms with Crippen molar-refractivity contribution in [3.05, 3.63) is 45.8 Å². The van der Waals surface area contributed by atoms with E-state index in [-0.39, 0.29) is 18.8 Å². The number of aliphatic hydroxyl groups is 2. The van der Waals surface area contributed by atoms with Crippen molar-refractivity contribution in [2.75, 3.05) is 26.1 Å². The number of methoxy groups -OCH3 is 1. The first kappa shape index (κ1) is 27.9.